The molecule has 2 heterocycles. The van der Waals surface area contributed by atoms with Gasteiger partial charge in [0, 0.05) is 0 Å². The van der Waals surface area contributed by atoms with Crippen molar-refractivity contribution in [1.82, 2.24) is 26.0 Å². The van der Waals surface area contributed by atoms with E-state index in [1.54, 1.807) is 37.3 Å². The molecule has 3 fully saturated rings. The van der Waals surface area contributed by atoms with Gasteiger partial charge in [-0.2, -0.15) is 5.01 Å². The number of hydrazine groups is 1. The third kappa shape index (κ3) is 3.41. The number of benzene rings is 1. The number of urea groups is 2. The minimum absolute atomic E-state index is 0.470. The second-order valence-electron chi connectivity index (χ2n) is 8.68. The van der Waals surface area contributed by atoms with Gasteiger partial charge < -0.3 is 10.6 Å². The van der Waals surface area contributed by atoms with Crippen molar-refractivity contribution in [3.63, 3.8) is 0 Å². The van der Waals surface area contributed by atoms with Crippen LogP contribution in [0.25, 0.3) is 0 Å². The maximum atomic E-state index is 12.9. The van der Waals surface area contributed by atoms with Crippen molar-refractivity contribution in [1.29, 1.82) is 0 Å². The molecule has 7 amide bonds. The predicted octanol–water partition coefficient (Wildman–Crippen LogP) is 0.986. The van der Waals surface area contributed by atoms with Crippen LogP contribution in [-0.4, -0.2) is 51.8 Å². The van der Waals surface area contributed by atoms with Gasteiger partial charge in [0.05, 0.1) is 0 Å². The quantitative estimate of drug-likeness (QED) is 0.618. The molecule has 1 atom stereocenters. The fraction of sp³-hybridized carbons (Fsp3) is 0.476. The molecule has 1 saturated carbocycles. The number of hydrogen-bond donors (Lipinski definition) is 3. The van der Waals surface area contributed by atoms with Crippen LogP contribution in [0, 0.1) is 5.92 Å². The number of carbonyl (C=O) groups is 5. The van der Waals surface area contributed by atoms with Crippen LogP contribution in [0.1, 0.15) is 45.1 Å². The summed E-state index contributed by atoms with van der Waals surface area (Å²) in [5.41, 5.74) is 0.538. The molecule has 1 spiro atoms. The number of nitrogens with one attached hydrogen (secondary N) is 3. The van der Waals surface area contributed by atoms with Crippen molar-refractivity contribution < 1.29 is 24.0 Å². The highest BCUT2D eigenvalue weighted by atomic mass is 16.2. The second-order valence-corrected chi connectivity index (χ2v) is 8.68. The fourth-order valence-corrected chi connectivity index (χ4v) is 4.43. The summed E-state index contributed by atoms with van der Waals surface area (Å²) in [7, 11) is 0. The molecule has 1 aromatic rings. The number of hydrogen-bond acceptors (Lipinski definition) is 5. The van der Waals surface area contributed by atoms with Crippen LogP contribution in [0.3, 0.4) is 0 Å². The number of nitrogens with zero attached hydrogens (tertiary/aromatic N) is 2. The van der Waals surface area contributed by atoms with Crippen LogP contribution in [0.4, 0.5) is 9.59 Å². The van der Waals surface area contributed by atoms with Crippen LogP contribution >= 0.6 is 0 Å². The molecule has 2 saturated heterocycles. The Morgan fingerprint density at radius 3 is 2.32 bits per heavy atom. The lowest BCUT2D eigenvalue weighted by Crippen LogP contribution is -2.53. The molecule has 1 aromatic carbocycles. The molecule has 10 nitrogen and oxygen atoms in total. The summed E-state index contributed by atoms with van der Waals surface area (Å²) in [5.74, 6) is -1.44. The molecule has 0 aromatic heterocycles. The van der Waals surface area contributed by atoms with Crippen LogP contribution in [0.2, 0.25) is 0 Å². The van der Waals surface area contributed by atoms with Gasteiger partial charge in [0.2, 0.25) is 0 Å². The standard InChI is InChI=1S/C21H25N5O5/c1-13-8-10-21(11-9-13)17(29)26(19(31)23-21)24-15(27)12-25-16(28)20(2,22-18(25)30)14-6-4-3-5-7-14/h3-7,13H,8-12H2,1-2H3,(H,22,30)(H,23,31)(H,24,27)/t13?,20-,21?/m1/s1. The molecular formula is C21H25N5O5. The average Bonchev–Trinajstić information content (AvgIpc) is 3.11. The number of imide groups is 2. The minimum Gasteiger partial charge on any atom is -0.322 e. The van der Waals surface area contributed by atoms with Crippen molar-refractivity contribution in [2.75, 3.05) is 6.54 Å². The van der Waals surface area contributed by atoms with Crippen molar-refractivity contribution in [2.45, 2.75) is 50.6 Å². The van der Waals surface area contributed by atoms with Gasteiger partial charge in [-0.25, -0.2) is 9.59 Å². The third-order valence-electron chi connectivity index (χ3n) is 6.45. The van der Waals surface area contributed by atoms with Crippen LogP contribution < -0.4 is 16.1 Å². The number of carbonyl (C=O) groups excluding carboxylic acids is 5. The topological polar surface area (TPSA) is 128 Å². The Hall–Kier alpha value is -3.43. The summed E-state index contributed by atoms with van der Waals surface area (Å²) in [5, 5.41) is 5.97. The van der Waals surface area contributed by atoms with Gasteiger partial charge in [-0.15, -0.1) is 0 Å². The third-order valence-corrected chi connectivity index (χ3v) is 6.45. The van der Waals surface area contributed by atoms with Gasteiger partial charge in [-0.1, -0.05) is 37.3 Å². The summed E-state index contributed by atoms with van der Waals surface area (Å²) in [4.78, 5) is 63.8. The van der Waals surface area contributed by atoms with Gasteiger partial charge in [0.25, 0.3) is 17.7 Å². The van der Waals surface area contributed by atoms with Crippen molar-refractivity contribution >= 4 is 29.8 Å². The smallest absolute Gasteiger partial charge is 0.322 e. The molecule has 4 rings (SSSR count). The van der Waals surface area contributed by atoms with Crippen LogP contribution in [0.15, 0.2) is 30.3 Å². The molecule has 0 unspecified atom stereocenters. The highest BCUT2D eigenvalue weighted by Gasteiger charge is 2.54. The normalized spacial score (nSPS) is 30.6. The maximum absolute atomic E-state index is 12.9. The SMILES string of the molecule is CC1CCC2(CC1)NC(=O)N(NC(=O)CN1C(=O)N[C@](C)(c3ccccc3)C1=O)C2=O. The predicted molar refractivity (Wildman–Crippen MR) is 108 cm³/mol. The van der Waals surface area contributed by atoms with E-state index in [1.165, 1.54) is 0 Å². The first kappa shape index (κ1) is 20.8. The number of amides is 7. The van der Waals surface area contributed by atoms with E-state index in [4.69, 9.17) is 0 Å². The Labute approximate surface area is 179 Å². The van der Waals surface area contributed by atoms with E-state index < -0.39 is 47.4 Å². The van der Waals surface area contributed by atoms with Crippen LogP contribution in [-0.2, 0) is 19.9 Å². The Morgan fingerprint density at radius 1 is 1.03 bits per heavy atom. The summed E-state index contributed by atoms with van der Waals surface area (Å²) < 4.78 is 0. The zero-order valence-electron chi connectivity index (χ0n) is 17.4. The van der Waals surface area contributed by atoms with Gasteiger partial charge in [0.15, 0.2) is 0 Å². The van der Waals surface area contributed by atoms with Crippen molar-refractivity contribution in [3.8, 4) is 0 Å². The first-order chi connectivity index (χ1) is 14.7. The van der Waals surface area contributed by atoms with Gasteiger partial charge in [-0.3, -0.25) is 24.7 Å². The lowest BCUT2D eigenvalue weighted by molar-refractivity contribution is -0.141. The monoisotopic (exact) mass is 427 g/mol. The fourth-order valence-electron chi connectivity index (χ4n) is 4.43. The summed E-state index contributed by atoms with van der Waals surface area (Å²) in [6, 6.07) is 7.26. The molecule has 10 heteroatoms. The molecule has 164 valence electrons. The van der Waals surface area contributed by atoms with E-state index in [9.17, 15) is 24.0 Å². The Kier molecular flexibility index (Phi) is 4.95. The van der Waals surface area contributed by atoms with E-state index in [1.807, 2.05) is 0 Å². The first-order valence-electron chi connectivity index (χ1n) is 10.3. The molecule has 31 heavy (non-hydrogen) atoms. The molecule has 0 radical (unpaired) electrons. The van der Waals surface area contributed by atoms with E-state index in [0.717, 1.165) is 17.7 Å². The minimum atomic E-state index is -1.30. The largest absolute Gasteiger partial charge is 0.344 e. The zero-order chi connectivity index (χ0) is 22.4. The lowest BCUT2D eigenvalue weighted by atomic mass is 9.77. The molecule has 1 aliphatic carbocycles. The van der Waals surface area contributed by atoms with Gasteiger partial charge in [-0.05, 0) is 44.1 Å². The lowest BCUT2D eigenvalue weighted by Gasteiger charge is -2.33. The Bertz CT molecular complexity index is 956. The first-order valence-corrected chi connectivity index (χ1v) is 10.3. The molecular weight excluding hydrogens is 402 g/mol. The Morgan fingerprint density at radius 2 is 1.68 bits per heavy atom. The molecule has 2 aliphatic heterocycles. The van der Waals surface area contributed by atoms with Crippen molar-refractivity contribution in [2.24, 2.45) is 5.92 Å². The molecule has 0 bridgehead atoms. The van der Waals surface area contributed by atoms with E-state index in [2.05, 4.69) is 23.0 Å². The maximum Gasteiger partial charge on any atom is 0.344 e. The highest BCUT2D eigenvalue weighted by molar-refractivity contribution is 6.10. The van der Waals surface area contributed by atoms with E-state index in [-0.39, 0.29) is 0 Å². The molecule has 3 N–H and O–H groups in total. The average molecular weight is 427 g/mol. The summed E-state index contributed by atoms with van der Waals surface area (Å²) >= 11 is 0. The summed E-state index contributed by atoms with van der Waals surface area (Å²) in [6.45, 7) is 3.04. The second kappa shape index (κ2) is 7.36. The molecule has 3 aliphatic rings. The van der Waals surface area contributed by atoms with Gasteiger partial charge >= 0.3 is 12.1 Å². The zero-order valence-corrected chi connectivity index (χ0v) is 17.4. The summed E-state index contributed by atoms with van der Waals surface area (Å²) in [6.07, 6.45) is 2.61. The van der Waals surface area contributed by atoms with Gasteiger partial charge in [0.1, 0.15) is 17.6 Å². The van der Waals surface area contributed by atoms with E-state index >= 15 is 0 Å². The van der Waals surface area contributed by atoms with Crippen LogP contribution in [0.5, 0.6) is 0 Å². The number of rotatable bonds is 4. The van der Waals surface area contributed by atoms with Crippen molar-refractivity contribution in [3.05, 3.63) is 35.9 Å². The van der Waals surface area contributed by atoms with E-state index in [0.29, 0.717) is 29.3 Å². The Balaban J connectivity index is 1.43. The highest BCUT2D eigenvalue weighted by Crippen LogP contribution is 2.36.